The Labute approximate surface area is 198 Å². The van der Waals surface area contributed by atoms with E-state index >= 15 is 0 Å². The monoisotopic (exact) mass is 487 g/mol. The molecule has 1 aliphatic rings. The first kappa shape index (κ1) is 24.8. The van der Waals surface area contributed by atoms with E-state index in [1.807, 2.05) is 42.5 Å². The van der Waals surface area contributed by atoms with E-state index in [0.717, 1.165) is 36.0 Å². The smallest absolute Gasteiger partial charge is 0.469 e. The van der Waals surface area contributed by atoms with Gasteiger partial charge in [0.2, 0.25) is 0 Å². The molecule has 1 saturated carbocycles. The summed E-state index contributed by atoms with van der Waals surface area (Å²) in [6.07, 6.45) is 2.08. The average Bonchev–Trinajstić information content (AvgIpc) is 2.80. The third-order valence-electron chi connectivity index (χ3n) is 6.12. The van der Waals surface area contributed by atoms with Gasteiger partial charge in [-0.05, 0) is 58.9 Å². The molecule has 182 valence electrons. The average molecular weight is 487 g/mol. The third kappa shape index (κ3) is 6.43. The number of rotatable bonds is 11. The van der Waals surface area contributed by atoms with Crippen molar-refractivity contribution in [1.29, 1.82) is 0 Å². The van der Waals surface area contributed by atoms with Crippen molar-refractivity contribution in [2.75, 3.05) is 19.8 Å². The van der Waals surface area contributed by atoms with E-state index < -0.39 is 26.6 Å². The minimum atomic E-state index is -4.70. The van der Waals surface area contributed by atoms with Gasteiger partial charge < -0.3 is 30.1 Å². The predicted molar refractivity (Wildman–Crippen MR) is 128 cm³/mol. The van der Waals surface area contributed by atoms with E-state index in [1.165, 1.54) is 5.56 Å². The Morgan fingerprint density at radius 2 is 1.71 bits per heavy atom. The summed E-state index contributed by atoms with van der Waals surface area (Å²) in [6.45, 7) is 0.310. The Bertz CT molecular complexity index is 1150. The summed E-state index contributed by atoms with van der Waals surface area (Å²) < 4.78 is 27.5. The van der Waals surface area contributed by atoms with Crippen LogP contribution in [-0.2, 0) is 26.0 Å². The zero-order chi connectivity index (χ0) is 24.2. The van der Waals surface area contributed by atoms with Crippen LogP contribution in [0.25, 0.3) is 10.8 Å². The number of benzene rings is 3. The molecule has 0 radical (unpaired) electrons. The maximum Gasteiger partial charge on any atom is 0.469 e. The van der Waals surface area contributed by atoms with Crippen LogP contribution in [0.3, 0.4) is 0 Å². The molecule has 1 unspecified atom stereocenters. The van der Waals surface area contributed by atoms with Gasteiger partial charge in [-0.2, -0.15) is 0 Å². The third-order valence-corrected chi connectivity index (χ3v) is 6.58. The number of aliphatic hydroxyl groups excluding tert-OH is 1. The van der Waals surface area contributed by atoms with E-state index in [-0.39, 0.29) is 6.10 Å². The lowest BCUT2D eigenvalue weighted by molar-refractivity contribution is -0.00245. The first-order valence-corrected chi connectivity index (χ1v) is 12.7. The second-order valence-electron chi connectivity index (χ2n) is 8.88. The molecule has 4 rings (SSSR count). The van der Waals surface area contributed by atoms with E-state index in [1.54, 1.807) is 12.1 Å². The van der Waals surface area contributed by atoms with Crippen LogP contribution in [0.2, 0.25) is 0 Å². The zero-order valence-electron chi connectivity index (χ0n) is 18.7. The highest BCUT2D eigenvalue weighted by molar-refractivity contribution is 7.46. The number of nitrogens with two attached hydrogens (primary N) is 1. The van der Waals surface area contributed by atoms with Crippen LogP contribution in [0.15, 0.2) is 66.7 Å². The summed E-state index contributed by atoms with van der Waals surface area (Å²) in [5.74, 6) is 1.28. The lowest BCUT2D eigenvalue weighted by Gasteiger charge is -2.35. The summed E-state index contributed by atoms with van der Waals surface area (Å²) in [7, 11) is -4.70. The fourth-order valence-corrected chi connectivity index (χ4v) is 4.44. The van der Waals surface area contributed by atoms with Gasteiger partial charge in [0.1, 0.15) is 5.75 Å². The van der Waals surface area contributed by atoms with Crippen LogP contribution in [0, 0.1) is 5.92 Å². The maximum atomic E-state index is 11.0. The Morgan fingerprint density at radius 3 is 2.41 bits per heavy atom. The first-order chi connectivity index (χ1) is 16.2. The SMILES string of the molecule is NC(CO)(COP(=O)(O)O)c1ccc2cc(OC3CC(COCc4ccccc4)C3)ccc2c1. The van der Waals surface area contributed by atoms with Gasteiger partial charge in [-0.1, -0.05) is 48.5 Å². The van der Waals surface area contributed by atoms with Gasteiger partial charge in [0.05, 0.1) is 38.1 Å². The predicted octanol–water partition coefficient (Wildman–Crippen LogP) is 3.47. The Hall–Kier alpha value is -2.29. The molecule has 9 heteroatoms. The molecular formula is C25H30NO7P. The van der Waals surface area contributed by atoms with Gasteiger partial charge in [-0.3, -0.25) is 4.52 Å². The molecule has 1 aliphatic carbocycles. The van der Waals surface area contributed by atoms with E-state index in [4.69, 9.17) is 25.0 Å². The van der Waals surface area contributed by atoms with Crippen LogP contribution in [-0.4, -0.2) is 40.8 Å². The van der Waals surface area contributed by atoms with E-state index in [9.17, 15) is 9.67 Å². The fourth-order valence-electron chi connectivity index (χ4n) is 4.04. The van der Waals surface area contributed by atoms with Crippen LogP contribution < -0.4 is 10.5 Å². The summed E-state index contributed by atoms with van der Waals surface area (Å²) in [5.41, 5.74) is 6.42. The van der Waals surface area contributed by atoms with Crippen molar-refractivity contribution in [3.05, 3.63) is 77.9 Å². The Balaban J connectivity index is 1.30. The van der Waals surface area contributed by atoms with Crippen molar-refractivity contribution in [1.82, 2.24) is 0 Å². The number of aliphatic hydroxyl groups is 1. The molecule has 34 heavy (non-hydrogen) atoms. The molecule has 1 atom stereocenters. The van der Waals surface area contributed by atoms with Crippen molar-refractivity contribution in [3.63, 3.8) is 0 Å². The Kier molecular flexibility index (Phi) is 7.70. The normalized spacial score (nSPS) is 20.0. The molecule has 5 N–H and O–H groups in total. The summed E-state index contributed by atoms with van der Waals surface area (Å²) >= 11 is 0. The lowest BCUT2D eigenvalue weighted by atomic mass is 9.83. The van der Waals surface area contributed by atoms with Crippen LogP contribution in [0.5, 0.6) is 5.75 Å². The minimum Gasteiger partial charge on any atom is -0.490 e. The largest absolute Gasteiger partial charge is 0.490 e. The van der Waals surface area contributed by atoms with Gasteiger partial charge in [0.25, 0.3) is 0 Å². The molecule has 0 bridgehead atoms. The molecule has 0 heterocycles. The number of fused-ring (bicyclic) bond motifs is 1. The van der Waals surface area contributed by atoms with Crippen molar-refractivity contribution >= 4 is 18.6 Å². The summed E-state index contributed by atoms with van der Waals surface area (Å²) in [4.78, 5) is 17.9. The molecule has 0 aliphatic heterocycles. The lowest BCUT2D eigenvalue weighted by Crippen LogP contribution is -2.44. The number of phosphoric acid groups is 1. The molecule has 3 aromatic rings. The number of phosphoric ester groups is 1. The molecule has 8 nitrogen and oxygen atoms in total. The highest BCUT2D eigenvalue weighted by Gasteiger charge is 2.32. The quantitative estimate of drug-likeness (QED) is 0.303. The van der Waals surface area contributed by atoms with Crippen molar-refractivity contribution in [2.24, 2.45) is 11.7 Å². The second-order valence-corrected chi connectivity index (χ2v) is 10.1. The topological polar surface area (TPSA) is 131 Å². The van der Waals surface area contributed by atoms with Crippen LogP contribution >= 0.6 is 7.82 Å². The number of ether oxygens (including phenoxy) is 2. The molecule has 1 fully saturated rings. The van der Waals surface area contributed by atoms with Crippen LogP contribution in [0.4, 0.5) is 0 Å². The van der Waals surface area contributed by atoms with E-state index in [0.29, 0.717) is 18.1 Å². The maximum absolute atomic E-state index is 11.0. The number of hydrogen-bond acceptors (Lipinski definition) is 6. The second kappa shape index (κ2) is 10.5. The van der Waals surface area contributed by atoms with Gasteiger partial charge >= 0.3 is 7.82 Å². The first-order valence-electron chi connectivity index (χ1n) is 11.2. The molecule has 3 aromatic carbocycles. The Morgan fingerprint density at radius 1 is 1.00 bits per heavy atom. The zero-order valence-corrected chi connectivity index (χ0v) is 19.6. The van der Waals surface area contributed by atoms with Gasteiger partial charge in [-0.15, -0.1) is 0 Å². The molecule has 0 amide bonds. The van der Waals surface area contributed by atoms with Gasteiger partial charge in [-0.25, -0.2) is 4.57 Å². The van der Waals surface area contributed by atoms with Gasteiger partial charge in [0.15, 0.2) is 0 Å². The van der Waals surface area contributed by atoms with Crippen molar-refractivity contribution < 1.29 is 33.5 Å². The summed E-state index contributed by atoms with van der Waals surface area (Å²) in [5, 5.41) is 11.5. The van der Waals surface area contributed by atoms with E-state index in [2.05, 4.69) is 16.7 Å². The fraction of sp³-hybridized carbons (Fsp3) is 0.360. The molecule has 0 saturated heterocycles. The standard InChI is InChI=1S/C25H30NO7P/c26-25(16-27,17-32-34(28,29)30)22-8-6-21-13-23(9-7-20(21)12-22)33-24-10-19(11-24)15-31-14-18-4-2-1-3-5-18/h1-9,12-13,19,24,27H,10-11,14-17,26H2,(H2,28,29,30). The van der Waals surface area contributed by atoms with Crippen molar-refractivity contribution in [2.45, 2.75) is 31.1 Å². The minimum absolute atomic E-state index is 0.165. The highest BCUT2D eigenvalue weighted by atomic mass is 31.2. The van der Waals surface area contributed by atoms with Crippen molar-refractivity contribution in [3.8, 4) is 5.75 Å². The molecule has 0 spiro atoms. The van der Waals surface area contributed by atoms with Crippen LogP contribution in [0.1, 0.15) is 24.0 Å². The summed E-state index contributed by atoms with van der Waals surface area (Å²) in [6, 6.07) is 21.2. The van der Waals surface area contributed by atoms with Gasteiger partial charge in [0, 0.05) is 0 Å². The highest BCUT2D eigenvalue weighted by Crippen LogP contribution is 2.38. The molecule has 0 aromatic heterocycles. The molecular weight excluding hydrogens is 457 g/mol. The number of hydrogen-bond donors (Lipinski definition) is 4.